The number of benzene rings is 1. The molecule has 0 heterocycles. The van der Waals surface area contributed by atoms with Gasteiger partial charge in [0.15, 0.2) is 0 Å². The zero-order valence-corrected chi connectivity index (χ0v) is 12.1. The molecule has 0 atom stereocenters. The van der Waals surface area contributed by atoms with Crippen molar-refractivity contribution in [2.24, 2.45) is 0 Å². The van der Waals surface area contributed by atoms with E-state index in [0.717, 1.165) is 0 Å². The Balaban J connectivity index is 2.71. The molecule has 0 radical (unpaired) electrons. The molecule has 3 nitrogen and oxygen atoms in total. The Kier molecular flexibility index (Phi) is 5.28. The highest BCUT2D eigenvalue weighted by atomic mass is 79.9. The van der Waals surface area contributed by atoms with Crippen LogP contribution in [0.1, 0.15) is 37.0 Å². The molecule has 0 aliphatic heterocycles. The van der Waals surface area contributed by atoms with Gasteiger partial charge in [0.05, 0.1) is 11.2 Å². The topological polar surface area (TPSA) is 49.3 Å². The molecule has 0 spiro atoms. The van der Waals surface area contributed by atoms with Gasteiger partial charge in [0.2, 0.25) is 0 Å². The van der Waals surface area contributed by atoms with Crippen molar-refractivity contribution >= 4 is 21.8 Å². The Bertz CT molecular complexity index is 433. The van der Waals surface area contributed by atoms with Gasteiger partial charge in [-0.3, -0.25) is 4.79 Å². The van der Waals surface area contributed by atoms with E-state index in [1.54, 1.807) is 0 Å². The largest absolute Gasteiger partial charge is 0.388 e. The van der Waals surface area contributed by atoms with Crippen LogP contribution in [0, 0.1) is 5.82 Å². The first kappa shape index (κ1) is 15.1. The third kappa shape index (κ3) is 3.78. The smallest absolute Gasteiger partial charge is 0.252 e. The lowest BCUT2D eigenvalue weighted by molar-refractivity contribution is 0.0314. The summed E-state index contributed by atoms with van der Waals surface area (Å²) in [4.78, 5) is 11.9. The third-order valence-electron chi connectivity index (χ3n) is 3.07. The molecule has 5 heteroatoms. The van der Waals surface area contributed by atoms with Gasteiger partial charge in [0.25, 0.3) is 5.91 Å². The van der Waals surface area contributed by atoms with Crippen LogP contribution in [0.15, 0.2) is 22.7 Å². The number of halogens is 2. The van der Waals surface area contributed by atoms with E-state index in [9.17, 15) is 14.3 Å². The number of hydrogen-bond acceptors (Lipinski definition) is 2. The minimum atomic E-state index is -0.887. The van der Waals surface area contributed by atoms with Crippen molar-refractivity contribution in [3.63, 3.8) is 0 Å². The second-order valence-electron chi connectivity index (χ2n) is 4.24. The van der Waals surface area contributed by atoms with Gasteiger partial charge in [0.1, 0.15) is 5.82 Å². The van der Waals surface area contributed by atoms with Gasteiger partial charge in [-0.05, 0) is 47.0 Å². The molecule has 1 rings (SSSR count). The molecule has 0 unspecified atom stereocenters. The SMILES string of the molecule is CCC(O)(CC)CNC(=O)c1ccc(F)cc1Br. The lowest BCUT2D eigenvalue weighted by atomic mass is 9.97. The van der Waals surface area contributed by atoms with Gasteiger partial charge in [-0.25, -0.2) is 4.39 Å². The van der Waals surface area contributed by atoms with Gasteiger partial charge < -0.3 is 10.4 Å². The van der Waals surface area contributed by atoms with Gasteiger partial charge in [-0.1, -0.05) is 13.8 Å². The zero-order valence-electron chi connectivity index (χ0n) is 10.5. The second-order valence-corrected chi connectivity index (χ2v) is 5.09. The van der Waals surface area contributed by atoms with Crippen LogP contribution in [-0.2, 0) is 0 Å². The lowest BCUT2D eigenvalue weighted by Gasteiger charge is -2.25. The average molecular weight is 318 g/mol. The summed E-state index contributed by atoms with van der Waals surface area (Å²) < 4.78 is 13.3. The van der Waals surface area contributed by atoms with Crippen molar-refractivity contribution in [2.75, 3.05) is 6.54 Å². The van der Waals surface area contributed by atoms with Crippen LogP contribution in [0.25, 0.3) is 0 Å². The standard InChI is InChI=1S/C13H17BrFNO2/c1-3-13(18,4-2)8-16-12(17)10-6-5-9(15)7-11(10)14/h5-7,18H,3-4,8H2,1-2H3,(H,16,17). The normalized spacial score (nSPS) is 11.4. The number of rotatable bonds is 5. The Labute approximate surface area is 115 Å². The van der Waals surface area contributed by atoms with Gasteiger partial charge in [0, 0.05) is 11.0 Å². The van der Waals surface area contributed by atoms with Crippen LogP contribution in [-0.4, -0.2) is 23.2 Å². The highest BCUT2D eigenvalue weighted by Crippen LogP contribution is 2.18. The van der Waals surface area contributed by atoms with Crippen molar-refractivity contribution in [1.29, 1.82) is 0 Å². The van der Waals surface area contributed by atoms with Crippen molar-refractivity contribution in [1.82, 2.24) is 5.32 Å². The van der Waals surface area contributed by atoms with E-state index in [1.165, 1.54) is 18.2 Å². The van der Waals surface area contributed by atoms with Crippen LogP contribution in [0.2, 0.25) is 0 Å². The molecule has 1 amide bonds. The first-order valence-electron chi connectivity index (χ1n) is 5.87. The number of aliphatic hydroxyl groups is 1. The maximum absolute atomic E-state index is 12.9. The Hall–Kier alpha value is -0.940. The maximum atomic E-state index is 12.9. The minimum Gasteiger partial charge on any atom is -0.388 e. The predicted octanol–water partition coefficient (Wildman–Crippen LogP) is 2.87. The number of carbonyl (C=O) groups excluding carboxylic acids is 1. The summed E-state index contributed by atoms with van der Waals surface area (Å²) in [6.45, 7) is 3.91. The molecule has 0 aromatic heterocycles. The fraction of sp³-hybridized carbons (Fsp3) is 0.462. The van der Waals surface area contributed by atoms with E-state index in [2.05, 4.69) is 21.2 Å². The number of hydrogen-bond donors (Lipinski definition) is 2. The van der Waals surface area contributed by atoms with E-state index < -0.39 is 11.4 Å². The Morgan fingerprint density at radius 3 is 2.56 bits per heavy atom. The maximum Gasteiger partial charge on any atom is 0.252 e. The summed E-state index contributed by atoms with van der Waals surface area (Å²) in [5.41, 5.74) is -0.534. The first-order valence-corrected chi connectivity index (χ1v) is 6.67. The summed E-state index contributed by atoms with van der Waals surface area (Å²) >= 11 is 3.14. The van der Waals surface area contributed by atoms with E-state index in [-0.39, 0.29) is 12.5 Å². The quantitative estimate of drug-likeness (QED) is 0.877. The van der Waals surface area contributed by atoms with Crippen molar-refractivity contribution in [2.45, 2.75) is 32.3 Å². The molecule has 0 aliphatic rings. The minimum absolute atomic E-state index is 0.183. The Morgan fingerprint density at radius 2 is 2.06 bits per heavy atom. The van der Waals surface area contributed by atoms with Crippen molar-refractivity contribution in [3.05, 3.63) is 34.1 Å². The first-order chi connectivity index (χ1) is 8.41. The Morgan fingerprint density at radius 1 is 1.44 bits per heavy atom. The number of nitrogens with one attached hydrogen (secondary N) is 1. The molecule has 0 saturated heterocycles. The zero-order chi connectivity index (χ0) is 13.8. The molecular weight excluding hydrogens is 301 g/mol. The summed E-state index contributed by atoms with van der Waals surface area (Å²) in [6, 6.07) is 3.87. The van der Waals surface area contributed by atoms with Gasteiger partial charge in [-0.15, -0.1) is 0 Å². The second kappa shape index (κ2) is 6.29. The number of carbonyl (C=O) groups is 1. The lowest BCUT2D eigenvalue weighted by Crippen LogP contribution is -2.42. The molecule has 100 valence electrons. The monoisotopic (exact) mass is 317 g/mol. The molecule has 0 bridgehead atoms. The fourth-order valence-electron chi connectivity index (χ4n) is 1.51. The molecule has 1 aromatic carbocycles. The van der Waals surface area contributed by atoms with E-state index in [0.29, 0.717) is 22.9 Å². The summed E-state index contributed by atoms with van der Waals surface area (Å²) in [5, 5.41) is 12.7. The van der Waals surface area contributed by atoms with Crippen LogP contribution in [0.4, 0.5) is 4.39 Å². The van der Waals surface area contributed by atoms with Crippen molar-refractivity contribution in [3.8, 4) is 0 Å². The van der Waals surface area contributed by atoms with Gasteiger partial charge >= 0.3 is 0 Å². The van der Waals surface area contributed by atoms with Crippen molar-refractivity contribution < 1.29 is 14.3 Å². The van der Waals surface area contributed by atoms with E-state index >= 15 is 0 Å². The molecule has 0 aliphatic carbocycles. The van der Waals surface area contributed by atoms with E-state index in [4.69, 9.17) is 0 Å². The average Bonchev–Trinajstić information content (AvgIpc) is 2.35. The highest BCUT2D eigenvalue weighted by Gasteiger charge is 2.23. The third-order valence-corrected chi connectivity index (χ3v) is 3.73. The van der Waals surface area contributed by atoms with Crippen LogP contribution in [0.5, 0.6) is 0 Å². The highest BCUT2D eigenvalue weighted by molar-refractivity contribution is 9.10. The molecular formula is C13H17BrFNO2. The molecule has 1 aromatic rings. The van der Waals surface area contributed by atoms with E-state index in [1.807, 2.05) is 13.8 Å². The fourth-order valence-corrected chi connectivity index (χ4v) is 2.04. The molecule has 2 N–H and O–H groups in total. The summed E-state index contributed by atoms with van der Waals surface area (Å²) in [5.74, 6) is -0.737. The molecule has 0 fully saturated rings. The summed E-state index contributed by atoms with van der Waals surface area (Å²) in [6.07, 6.45) is 1.13. The predicted molar refractivity (Wildman–Crippen MR) is 72.0 cm³/mol. The van der Waals surface area contributed by atoms with Gasteiger partial charge in [-0.2, -0.15) is 0 Å². The number of amides is 1. The van der Waals surface area contributed by atoms with Crippen LogP contribution < -0.4 is 5.32 Å². The summed E-state index contributed by atoms with van der Waals surface area (Å²) in [7, 11) is 0. The molecule has 0 saturated carbocycles. The van der Waals surface area contributed by atoms with Crippen LogP contribution in [0.3, 0.4) is 0 Å². The molecule has 18 heavy (non-hydrogen) atoms. The van der Waals surface area contributed by atoms with Crippen LogP contribution >= 0.6 is 15.9 Å².